The highest BCUT2D eigenvalue weighted by molar-refractivity contribution is 6.90. The lowest BCUT2D eigenvalue weighted by molar-refractivity contribution is -0.435. The number of hydrogen-bond acceptors (Lipinski definition) is 2. The van der Waals surface area contributed by atoms with Gasteiger partial charge in [-0.3, -0.25) is 0 Å². The Morgan fingerprint density at radius 3 is 0.485 bits per heavy atom. The van der Waals surface area contributed by atoms with E-state index in [9.17, 15) is 180 Å². The minimum Gasteiger partial charge on any atom is -0.418 e. The normalized spacial score (nSPS) is 17.3. The monoisotopic (exact) mass is 1150 g/mol. The lowest BCUT2D eigenvalue weighted by Gasteiger charge is -2.51. The molecule has 1 radical (unpaired) electrons. The van der Waals surface area contributed by atoms with E-state index in [4.69, 9.17) is 0 Å². The molecule has 0 amide bonds. The average molecular weight is 1150 g/mol. The summed E-state index contributed by atoms with van der Waals surface area (Å²) >= 11 is 0. The van der Waals surface area contributed by atoms with Gasteiger partial charge in [-0.25, -0.2) is 0 Å². The third-order valence-corrected chi connectivity index (χ3v) is 19.2. The van der Waals surface area contributed by atoms with Crippen LogP contribution in [0, 0.1) is 0 Å². The van der Waals surface area contributed by atoms with Crippen LogP contribution in [-0.4, -0.2) is 132 Å². The quantitative estimate of drug-likeness (QED) is 0.120. The highest BCUT2D eigenvalue weighted by Gasteiger charge is 3.05. The van der Waals surface area contributed by atoms with E-state index in [0.29, 0.717) is 0 Å². The fourth-order valence-electron chi connectivity index (χ4n) is 4.09. The van der Waals surface area contributed by atoms with Crippen molar-refractivity contribution in [1.82, 2.24) is 0 Å². The van der Waals surface area contributed by atoms with Crippen LogP contribution in [0.2, 0.25) is 0 Å². The second kappa shape index (κ2) is 15.8. The molecule has 0 saturated heterocycles. The van der Waals surface area contributed by atoms with E-state index < -0.39 is 132 Å². The predicted molar refractivity (Wildman–Crippen MR) is 116 cm³/mol. The molecule has 0 aliphatic rings. The third kappa shape index (κ3) is 8.14. The number of hydrogen-bond donors (Lipinski definition) is 0. The van der Waals surface area contributed by atoms with Crippen molar-refractivity contribution in [3.63, 3.8) is 0 Å². The topological polar surface area (TPSA) is 18.5 Å². The van der Waals surface area contributed by atoms with E-state index in [-0.39, 0.29) is 0 Å². The molecule has 48 heteroatoms. The summed E-state index contributed by atoms with van der Waals surface area (Å²) in [5.41, 5.74) is -74.2. The van der Waals surface area contributed by atoms with Crippen LogP contribution in [0.25, 0.3) is 0 Å². The lowest BCUT2D eigenvalue weighted by Crippen LogP contribution is -2.90. The first-order valence-electron chi connectivity index (χ1n) is 13.4. The van der Waals surface area contributed by atoms with E-state index in [0.717, 1.165) is 8.23 Å². The van der Waals surface area contributed by atoms with Crippen molar-refractivity contribution >= 4 is 25.9 Å². The fraction of sp³-hybridized carbons (Fsp3) is 1.00. The maximum atomic E-state index is 15.3. The van der Waals surface area contributed by atoms with Crippen molar-refractivity contribution in [2.45, 2.75) is 106 Å². The zero-order chi connectivity index (χ0) is 55.0. The fourth-order valence-corrected chi connectivity index (χ4v) is 16.1. The van der Waals surface area contributed by atoms with E-state index in [2.05, 4.69) is 0 Å². The van der Waals surface area contributed by atoms with E-state index >= 15 is 8.78 Å². The maximum Gasteiger partial charge on any atom is 0.460 e. The van der Waals surface area contributed by atoms with Crippen LogP contribution in [0.1, 0.15) is 0 Å². The molecule has 0 heterocycles. The van der Waals surface area contributed by atoms with E-state index in [1.807, 2.05) is 0 Å². The van der Waals surface area contributed by atoms with Gasteiger partial charge in [0, 0.05) is 0 Å². The second-order valence-corrected chi connectivity index (χ2v) is 21.0. The third-order valence-electron chi connectivity index (χ3n) is 7.47. The largest absolute Gasteiger partial charge is 0.460 e. The Morgan fingerprint density at radius 2 is 0.348 bits per heavy atom. The van der Waals surface area contributed by atoms with Crippen LogP contribution in [0.3, 0.4) is 0 Å². The van der Waals surface area contributed by atoms with Crippen LogP contribution >= 0.6 is 0 Å². The van der Waals surface area contributed by atoms with Crippen molar-refractivity contribution in [2.24, 2.45) is 0 Å². The van der Waals surface area contributed by atoms with Crippen LogP contribution < -0.4 is 0 Å². The summed E-state index contributed by atoms with van der Waals surface area (Å²) in [5.74, 6) is -40.9. The summed E-state index contributed by atoms with van der Waals surface area (Å²) < 4.78 is 598. The zero-order valence-corrected chi connectivity index (χ0v) is 30.6. The molecule has 0 aliphatic heterocycles. The van der Waals surface area contributed by atoms with Gasteiger partial charge in [0.15, 0.2) is 0 Å². The van der Waals surface area contributed by atoms with Gasteiger partial charge in [0.2, 0.25) is 0 Å². The van der Waals surface area contributed by atoms with Crippen LogP contribution in [0.4, 0.5) is 189 Å². The predicted octanol–water partition coefficient (Wildman–Crippen LogP) is 13.1. The Balaban J connectivity index is 10.7. The Bertz CT molecular complexity index is 1490. The molecule has 0 fully saturated rings. The highest BCUT2D eigenvalue weighted by atomic mass is 28.4. The molecule has 0 aromatic rings. The minimum atomic E-state index is -13.8. The summed E-state index contributed by atoms with van der Waals surface area (Å²) in [6.45, 7) is 0. The van der Waals surface area contributed by atoms with Gasteiger partial charge in [0.1, 0.15) is 0 Å². The standard InChI is InChI=1S/C18F43O2Si3/c19-1(20,3(23,24)5(27,28)29)2(21,22)4(25,26)12(48,49)64(62-65(13(50,51)6(30,31)32,14(52,53)7(33,34)35)15(54,55)8(36,37)38)63-66(16(56,57)9(39,40)41,17(58,59)10(42,43)44)18(60,61)11(45,46)47. The molecule has 0 atom stereocenters. The molecule has 0 saturated carbocycles. The van der Waals surface area contributed by atoms with Crippen molar-refractivity contribution < 1.29 is 197 Å². The molecular weight excluding hydrogens is 1150 g/mol. The first-order valence-corrected chi connectivity index (χ1v) is 18.6. The van der Waals surface area contributed by atoms with Crippen LogP contribution in [0.5, 0.6) is 0 Å². The van der Waals surface area contributed by atoms with Crippen molar-refractivity contribution in [1.29, 1.82) is 0 Å². The molecule has 0 aliphatic carbocycles. The van der Waals surface area contributed by atoms with Gasteiger partial charge >= 0.3 is 132 Å². The van der Waals surface area contributed by atoms with Gasteiger partial charge in [-0.15, -0.1) is 0 Å². The molecule has 66 heavy (non-hydrogen) atoms. The molecule has 0 bridgehead atoms. The molecule has 0 unspecified atom stereocenters. The summed E-state index contributed by atoms with van der Waals surface area (Å²) in [6.07, 6.45) is -67.6. The maximum absolute atomic E-state index is 15.3. The van der Waals surface area contributed by atoms with Gasteiger partial charge in [0.25, 0.3) is 0 Å². The molecule has 397 valence electrons. The number of halogens is 43. The molecule has 0 aromatic carbocycles. The summed E-state index contributed by atoms with van der Waals surface area (Å²) in [6, 6.07) is 0. The number of rotatable bonds is 15. The molecule has 2 nitrogen and oxygen atoms in total. The van der Waals surface area contributed by atoms with Crippen LogP contribution in [0.15, 0.2) is 0 Å². The van der Waals surface area contributed by atoms with E-state index in [1.165, 1.54) is 0 Å². The van der Waals surface area contributed by atoms with Crippen LogP contribution in [-0.2, 0) is 8.23 Å². The second-order valence-electron chi connectivity index (χ2n) is 11.7. The van der Waals surface area contributed by atoms with Crippen molar-refractivity contribution in [2.75, 3.05) is 0 Å². The van der Waals surface area contributed by atoms with Crippen molar-refractivity contribution in [3.05, 3.63) is 0 Å². The number of alkyl halides is 43. The molecule has 0 aromatic heterocycles. The van der Waals surface area contributed by atoms with Gasteiger partial charge in [0.05, 0.1) is 0 Å². The molecule has 0 N–H and O–H groups in total. The van der Waals surface area contributed by atoms with Gasteiger partial charge in [-0.05, 0) is 0 Å². The molecule has 0 rings (SSSR count). The SMILES string of the molecule is FC(F)(F)C(F)(F)C(F)(F)C(F)(F)C(F)(F)C(F)(F)[Si](O[Si](C(F)(F)C(F)(F)F)(C(F)(F)C(F)(F)F)C(F)(F)C(F)(F)F)O[Si](C(F)(F)C(F)(F)F)(C(F)(F)C(F)(F)F)C(F)(F)C(F)(F)F. The zero-order valence-electron chi connectivity index (χ0n) is 27.6. The average Bonchev–Trinajstić information content (AvgIpc) is 2.99. The van der Waals surface area contributed by atoms with Gasteiger partial charge < -0.3 is 8.23 Å². The Morgan fingerprint density at radius 1 is 0.197 bits per heavy atom. The van der Waals surface area contributed by atoms with Gasteiger partial charge in [-0.2, -0.15) is 189 Å². The Labute approximate surface area is 330 Å². The minimum absolute atomic E-state index is 0.726. The van der Waals surface area contributed by atoms with E-state index in [1.54, 1.807) is 0 Å². The first-order chi connectivity index (χ1) is 27.6. The first kappa shape index (κ1) is 63.6. The summed E-state index contributed by atoms with van der Waals surface area (Å²) in [5, 5.41) is 0. The van der Waals surface area contributed by atoms with Crippen molar-refractivity contribution in [3.8, 4) is 0 Å². The summed E-state index contributed by atoms with van der Waals surface area (Å²) in [4.78, 5) is 0. The molecule has 0 spiro atoms. The Hall–Kier alpha value is -2.44. The molecular formula is C18F43O2Si3. The smallest absolute Gasteiger partial charge is 0.418 e. The Kier molecular flexibility index (Phi) is 15.2. The lowest BCUT2D eigenvalue weighted by atomic mass is 9.98. The highest BCUT2D eigenvalue weighted by Crippen LogP contribution is 2.68. The summed E-state index contributed by atoms with van der Waals surface area (Å²) in [7, 11) is -39.3. The van der Waals surface area contributed by atoms with Gasteiger partial charge in [-0.1, -0.05) is 0 Å².